The highest BCUT2D eigenvalue weighted by atomic mass is 127. The number of carbonyl (C=O) groups excluding carboxylic acids is 1. The van der Waals surface area contributed by atoms with Gasteiger partial charge >= 0.3 is 0 Å². The van der Waals surface area contributed by atoms with Crippen LogP contribution >= 0.6 is 46.1 Å². The van der Waals surface area contributed by atoms with E-state index >= 15 is 0 Å². The fourth-order valence-electron chi connectivity index (χ4n) is 3.12. The van der Waals surface area contributed by atoms with Gasteiger partial charge in [0.1, 0.15) is 23.9 Å². The Morgan fingerprint density at radius 2 is 1.85 bits per heavy atom. The number of rotatable bonds is 9. The normalized spacial score (nSPS) is 13.8. The van der Waals surface area contributed by atoms with Gasteiger partial charge in [-0.1, -0.05) is 30.3 Å². The zero-order valence-electron chi connectivity index (χ0n) is 18.1. The van der Waals surface area contributed by atoms with Crippen molar-refractivity contribution >= 4 is 58.2 Å². The van der Waals surface area contributed by atoms with E-state index in [4.69, 9.17) is 9.47 Å². The molecule has 1 aliphatic heterocycles. The van der Waals surface area contributed by atoms with E-state index in [2.05, 4.69) is 33.1 Å². The molecule has 4 rings (SSSR count). The molecule has 0 aliphatic carbocycles. The lowest BCUT2D eigenvalue weighted by Crippen LogP contribution is -2.24. The molecular weight excluding hydrogens is 586 g/mol. The van der Waals surface area contributed by atoms with E-state index in [0.717, 1.165) is 9.13 Å². The predicted molar refractivity (Wildman–Crippen MR) is 145 cm³/mol. The summed E-state index contributed by atoms with van der Waals surface area (Å²) in [6, 6.07) is 19.9. The van der Waals surface area contributed by atoms with Crippen LogP contribution in [-0.2, 0) is 11.4 Å². The maximum Gasteiger partial charge on any atom is 0.277 e. The van der Waals surface area contributed by atoms with Crippen LogP contribution in [0.15, 0.2) is 71.8 Å². The van der Waals surface area contributed by atoms with Gasteiger partial charge in [-0.15, -0.1) is 23.5 Å². The highest BCUT2D eigenvalue weighted by molar-refractivity contribution is 14.1. The molecule has 0 radical (unpaired) electrons. The van der Waals surface area contributed by atoms with Gasteiger partial charge in [0, 0.05) is 17.1 Å². The summed E-state index contributed by atoms with van der Waals surface area (Å²) in [5.74, 6) is 3.02. The van der Waals surface area contributed by atoms with Gasteiger partial charge in [0.15, 0.2) is 6.61 Å². The minimum atomic E-state index is -0.346. The summed E-state index contributed by atoms with van der Waals surface area (Å²) in [7, 11) is 0. The van der Waals surface area contributed by atoms with Crippen molar-refractivity contribution in [3.8, 4) is 11.5 Å². The number of benzene rings is 3. The number of halogens is 2. The summed E-state index contributed by atoms with van der Waals surface area (Å²) < 4.78 is 26.4. The van der Waals surface area contributed by atoms with Crippen molar-refractivity contribution in [3.63, 3.8) is 0 Å². The highest BCUT2D eigenvalue weighted by Gasteiger charge is 2.18. The van der Waals surface area contributed by atoms with E-state index in [0.29, 0.717) is 21.6 Å². The molecule has 1 aliphatic rings. The van der Waals surface area contributed by atoms with Crippen LogP contribution in [-0.4, -0.2) is 30.2 Å². The van der Waals surface area contributed by atoms with Crippen molar-refractivity contribution in [3.05, 3.63) is 92.8 Å². The molecule has 5 nitrogen and oxygen atoms in total. The minimum Gasteiger partial charge on any atom is -0.488 e. The predicted octanol–water partition coefficient (Wildman–Crippen LogP) is 6.02. The second kappa shape index (κ2) is 12.5. The summed E-state index contributed by atoms with van der Waals surface area (Å²) in [6.45, 7) is 0.0252. The number of ether oxygens (including phenoxy) is 2. The third-order valence-electron chi connectivity index (χ3n) is 4.84. The average molecular weight is 608 g/mol. The molecule has 3 aromatic rings. The number of nitrogens with one attached hydrogen (secondary N) is 1. The first kappa shape index (κ1) is 24.9. The third kappa shape index (κ3) is 7.13. The molecule has 1 fully saturated rings. The van der Waals surface area contributed by atoms with Crippen LogP contribution in [0, 0.1) is 9.39 Å². The number of thioether (sulfide) groups is 2. The Kier molecular flexibility index (Phi) is 9.11. The van der Waals surface area contributed by atoms with E-state index in [1.807, 2.05) is 59.9 Å². The summed E-state index contributed by atoms with van der Waals surface area (Å²) in [5.41, 5.74) is 5.03. The number of nitrogens with zero attached hydrogens (tertiary/aromatic N) is 1. The molecule has 0 aromatic heterocycles. The number of amides is 1. The first-order chi connectivity index (χ1) is 16.6. The maximum atomic E-state index is 13.7. The van der Waals surface area contributed by atoms with Crippen LogP contribution < -0.4 is 14.9 Å². The van der Waals surface area contributed by atoms with E-state index in [9.17, 15) is 9.18 Å². The fraction of sp³-hybridized carbons (Fsp3) is 0.200. The van der Waals surface area contributed by atoms with Gasteiger partial charge < -0.3 is 9.47 Å². The molecule has 1 amide bonds. The number of hydrogen-bond acceptors (Lipinski definition) is 6. The molecule has 9 heteroatoms. The largest absolute Gasteiger partial charge is 0.488 e. The molecule has 1 heterocycles. The van der Waals surface area contributed by atoms with Crippen molar-refractivity contribution in [2.45, 2.75) is 11.2 Å². The van der Waals surface area contributed by atoms with Crippen LogP contribution in [0.5, 0.6) is 11.5 Å². The molecular formula is C25H22FIN2O3S2. The average Bonchev–Trinajstić information content (AvgIpc) is 3.39. The number of hydrogen-bond donors (Lipinski definition) is 1. The Morgan fingerprint density at radius 3 is 2.59 bits per heavy atom. The zero-order chi connectivity index (χ0) is 23.8. The molecule has 0 atom stereocenters. The van der Waals surface area contributed by atoms with Crippen molar-refractivity contribution in [2.24, 2.45) is 5.10 Å². The Morgan fingerprint density at radius 1 is 1.09 bits per heavy atom. The van der Waals surface area contributed by atoms with Crippen molar-refractivity contribution in [2.75, 3.05) is 18.1 Å². The number of carbonyl (C=O) groups is 1. The highest BCUT2D eigenvalue weighted by Crippen LogP contribution is 2.45. The van der Waals surface area contributed by atoms with Crippen LogP contribution in [0.2, 0.25) is 0 Å². The first-order valence-electron chi connectivity index (χ1n) is 10.5. The van der Waals surface area contributed by atoms with Gasteiger partial charge in [0.2, 0.25) is 0 Å². The first-order valence-corrected chi connectivity index (χ1v) is 13.7. The molecule has 0 saturated carbocycles. The monoisotopic (exact) mass is 608 g/mol. The topological polar surface area (TPSA) is 59.9 Å². The standard InChI is InChI=1S/C25H22FIN2O3S2/c26-21-4-2-1-3-19(21)15-32-23-10-5-17(13-22(23)27)14-28-29-24(30)16-31-20-8-6-18(7-9-20)25-33-11-12-34-25/h1-10,13-14,25H,11-12,15-16H2,(H,29,30)/b28-14-. The van der Waals surface area contributed by atoms with Gasteiger partial charge in [-0.05, 0) is 70.1 Å². The van der Waals surface area contributed by atoms with Crippen molar-refractivity contribution < 1.29 is 18.7 Å². The molecule has 176 valence electrons. The van der Waals surface area contributed by atoms with Gasteiger partial charge in [0.05, 0.1) is 14.4 Å². The van der Waals surface area contributed by atoms with E-state index < -0.39 is 0 Å². The Balaban J connectivity index is 1.22. The van der Waals surface area contributed by atoms with Crippen LogP contribution in [0.4, 0.5) is 4.39 Å². The summed E-state index contributed by atoms with van der Waals surface area (Å²) in [6.07, 6.45) is 1.55. The Labute approximate surface area is 220 Å². The molecule has 0 bridgehead atoms. The van der Waals surface area contributed by atoms with Crippen molar-refractivity contribution in [1.29, 1.82) is 0 Å². The lowest BCUT2D eigenvalue weighted by Gasteiger charge is -2.10. The van der Waals surface area contributed by atoms with Gasteiger partial charge in [-0.25, -0.2) is 9.82 Å². The van der Waals surface area contributed by atoms with Gasteiger partial charge in [-0.2, -0.15) is 5.10 Å². The zero-order valence-corrected chi connectivity index (χ0v) is 21.9. The second-order valence-corrected chi connectivity index (χ2v) is 11.2. The fourth-order valence-corrected chi connectivity index (χ4v) is 6.67. The van der Waals surface area contributed by atoms with E-state index in [1.54, 1.807) is 30.5 Å². The Hall–Kier alpha value is -2.24. The third-order valence-corrected chi connectivity index (χ3v) is 8.79. The lowest BCUT2D eigenvalue weighted by molar-refractivity contribution is -0.123. The quantitative estimate of drug-likeness (QED) is 0.183. The molecule has 3 aromatic carbocycles. The summed E-state index contributed by atoms with van der Waals surface area (Å²) in [4.78, 5) is 12.0. The smallest absolute Gasteiger partial charge is 0.277 e. The van der Waals surface area contributed by atoms with Gasteiger partial charge in [0.25, 0.3) is 5.91 Å². The summed E-state index contributed by atoms with van der Waals surface area (Å²) in [5, 5.41) is 3.99. The lowest BCUT2D eigenvalue weighted by atomic mass is 10.2. The SMILES string of the molecule is O=C(COc1ccc(C2SCCS2)cc1)N/N=C\c1ccc(OCc2ccccc2F)c(I)c1. The van der Waals surface area contributed by atoms with Gasteiger partial charge in [-0.3, -0.25) is 4.79 Å². The Bertz CT molecular complexity index is 1160. The van der Waals surface area contributed by atoms with E-state index in [1.165, 1.54) is 23.1 Å². The van der Waals surface area contributed by atoms with Crippen LogP contribution in [0.25, 0.3) is 0 Å². The minimum absolute atomic E-state index is 0.121. The molecule has 1 saturated heterocycles. The number of hydrazone groups is 1. The molecule has 1 N–H and O–H groups in total. The van der Waals surface area contributed by atoms with Crippen molar-refractivity contribution in [1.82, 2.24) is 5.43 Å². The molecule has 34 heavy (non-hydrogen) atoms. The van der Waals surface area contributed by atoms with Crippen LogP contribution in [0.1, 0.15) is 21.3 Å². The van der Waals surface area contributed by atoms with E-state index in [-0.39, 0.29) is 24.9 Å². The molecule has 0 unspecified atom stereocenters. The summed E-state index contributed by atoms with van der Waals surface area (Å²) >= 11 is 6.05. The second-order valence-electron chi connectivity index (χ2n) is 7.29. The maximum absolute atomic E-state index is 13.7. The molecule has 0 spiro atoms. The van der Waals surface area contributed by atoms with Crippen LogP contribution in [0.3, 0.4) is 0 Å².